The van der Waals surface area contributed by atoms with Gasteiger partial charge in [-0.05, 0) is 84.6 Å². The van der Waals surface area contributed by atoms with Crippen molar-refractivity contribution in [1.82, 2.24) is 15.0 Å². The van der Waals surface area contributed by atoms with Crippen LogP contribution in [-0.4, -0.2) is 94.7 Å². The fourth-order valence-corrected chi connectivity index (χ4v) is 8.74. The number of nitrogens with one attached hydrogen (secondary N) is 1. The number of sulfone groups is 2. The normalized spacial score (nSPS) is 12.2. The van der Waals surface area contributed by atoms with Gasteiger partial charge in [0, 0.05) is 23.0 Å². The Kier molecular flexibility index (Phi) is 19.7. The smallest absolute Gasteiger partial charge is 0.744 e. The van der Waals surface area contributed by atoms with E-state index in [2.05, 4.69) is 41.3 Å². The van der Waals surface area contributed by atoms with Crippen molar-refractivity contribution in [2.24, 2.45) is 10.2 Å². The van der Waals surface area contributed by atoms with Crippen molar-refractivity contribution in [1.29, 1.82) is 0 Å². The summed E-state index contributed by atoms with van der Waals surface area (Å²) in [6, 6.07) is 11.7. The van der Waals surface area contributed by atoms with Gasteiger partial charge in [0.05, 0.1) is 43.3 Å². The first-order valence-electron chi connectivity index (χ1n) is 15.9. The fraction of sp³-hybridized carbons (Fsp3) is 0.129. The van der Waals surface area contributed by atoms with Gasteiger partial charge in [-0.15, -0.1) is 5.11 Å². The first kappa shape index (κ1) is 55.9. The Morgan fingerprint density at radius 2 is 1.47 bits per heavy atom. The average Bonchev–Trinajstić information content (AvgIpc) is 3.13. The van der Waals surface area contributed by atoms with Gasteiger partial charge in [0.25, 0.3) is 0 Å². The number of nitrogens with zero attached hydrogens (tertiary/aromatic N) is 6. The Hall–Kier alpha value is -2.23. The molecular formula is C31H25ClN7Na3O15S5. The van der Waals surface area contributed by atoms with Crippen molar-refractivity contribution < 1.29 is 154 Å². The Morgan fingerprint density at radius 3 is 2.03 bits per heavy atom. The maximum atomic E-state index is 12.9. The van der Waals surface area contributed by atoms with Crippen LogP contribution in [0.25, 0.3) is 10.8 Å². The number of aromatic hydroxyl groups is 1. The van der Waals surface area contributed by atoms with Gasteiger partial charge in [-0.1, -0.05) is 12.6 Å². The molecule has 0 aliphatic carbocycles. The molecule has 0 saturated carbocycles. The zero-order valence-corrected chi connectivity index (χ0v) is 43.4. The van der Waals surface area contributed by atoms with Crippen molar-refractivity contribution in [3.05, 3.63) is 84.0 Å². The first-order chi connectivity index (χ1) is 27.3. The van der Waals surface area contributed by atoms with Gasteiger partial charge < -0.3 is 29.0 Å². The minimum atomic E-state index is -5.51. The number of phenolic OH excluding ortho intramolecular Hbond substituents is 1. The van der Waals surface area contributed by atoms with Gasteiger partial charge in [0.2, 0.25) is 27.6 Å². The summed E-state index contributed by atoms with van der Waals surface area (Å²) in [5, 5.41) is 20.9. The predicted molar refractivity (Wildman–Crippen MR) is 204 cm³/mol. The minimum absolute atomic E-state index is 0. The van der Waals surface area contributed by atoms with E-state index in [4.69, 9.17) is 11.6 Å². The zero-order valence-electron chi connectivity index (χ0n) is 32.5. The molecule has 0 spiro atoms. The van der Waals surface area contributed by atoms with Gasteiger partial charge in [-0.25, -0.2) is 42.1 Å². The quantitative estimate of drug-likeness (QED) is 0.0403. The van der Waals surface area contributed by atoms with Crippen molar-refractivity contribution >= 4 is 107 Å². The van der Waals surface area contributed by atoms with Gasteiger partial charge in [0.15, 0.2) is 25.4 Å². The topological polar surface area (TPSA) is 348 Å². The van der Waals surface area contributed by atoms with E-state index in [1.807, 2.05) is 0 Å². The molecule has 0 fully saturated rings. The van der Waals surface area contributed by atoms with Crippen molar-refractivity contribution in [2.45, 2.75) is 26.5 Å². The second-order valence-corrected chi connectivity index (χ2v) is 19.7. The van der Waals surface area contributed by atoms with Crippen LogP contribution in [0, 0.1) is 0 Å². The van der Waals surface area contributed by atoms with E-state index >= 15 is 0 Å². The largest absolute Gasteiger partial charge is 1.00 e. The molecule has 22 nitrogen and oxygen atoms in total. The molecule has 0 atom stereocenters. The van der Waals surface area contributed by atoms with E-state index in [1.54, 1.807) is 6.92 Å². The third kappa shape index (κ3) is 13.9. The summed E-state index contributed by atoms with van der Waals surface area (Å²) in [6.45, 7) is 3.90. The van der Waals surface area contributed by atoms with Crippen LogP contribution < -0.4 is 98.9 Å². The molecule has 0 bridgehead atoms. The Balaban J connectivity index is 0.00000441. The summed E-state index contributed by atoms with van der Waals surface area (Å²) in [7, 11) is -24.0. The Labute approximate surface area is 426 Å². The number of benzene rings is 4. The van der Waals surface area contributed by atoms with E-state index < -0.39 is 112 Å². The van der Waals surface area contributed by atoms with Gasteiger partial charge >= 0.3 is 88.7 Å². The molecule has 0 amide bonds. The number of azo groups is 1. The summed E-state index contributed by atoms with van der Waals surface area (Å²) in [6.07, 6.45) is 0. The van der Waals surface area contributed by atoms with Crippen molar-refractivity contribution in [2.75, 3.05) is 29.1 Å². The molecule has 314 valence electrons. The van der Waals surface area contributed by atoms with E-state index in [0.29, 0.717) is 17.5 Å². The molecule has 31 heteroatoms. The molecule has 5 aromatic rings. The summed E-state index contributed by atoms with van der Waals surface area (Å²) in [4.78, 5) is 10.9. The number of anilines is 4. The van der Waals surface area contributed by atoms with E-state index in [0.717, 1.165) is 18.2 Å². The monoisotopic (exact) mass is 999 g/mol. The molecule has 0 radical (unpaired) electrons. The molecular weight excluding hydrogens is 975 g/mol. The fourth-order valence-electron chi connectivity index (χ4n) is 5.18. The van der Waals surface area contributed by atoms with Crippen LogP contribution in [0.5, 0.6) is 5.75 Å². The molecule has 0 aliphatic rings. The van der Waals surface area contributed by atoms with Gasteiger partial charge in [-0.3, -0.25) is 4.18 Å². The Morgan fingerprint density at radius 1 is 0.823 bits per heavy atom. The molecule has 0 saturated heterocycles. The summed E-state index contributed by atoms with van der Waals surface area (Å²) >= 11 is 6.22. The third-order valence-corrected chi connectivity index (χ3v) is 13.1. The average molecular weight is 1000 g/mol. The summed E-state index contributed by atoms with van der Waals surface area (Å²) in [5.41, 5.74) is -1.36. The first-order valence-corrected chi connectivity index (χ1v) is 23.6. The maximum Gasteiger partial charge on any atom is 1.00 e. The van der Waals surface area contributed by atoms with Gasteiger partial charge in [0.1, 0.15) is 25.9 Å². The van der Waals surface area contributed by atoms with Crippen molar-refractivity contribution in [3.8, 4) is 5.75 Å². The molecule has 1 aromatic heterocycles. The molecule has 0 aliphatic heterocycles. The second-order valence-electron chi connectivity index (χ2n) is 11.6. The second kappa shape index (κ2) is 21.8. The molecule has 1 heterocycles. The summed E-state index contributed by atoms with van der Waals surface area (Å²) in [5.74, 6) is -2.70. The van der Waals surface area contributed by atoms with Crippen molar-refractivity contribution in [3.63, 3.8) is 0 Å². The maximum absolute atomic E-state index is 12.9. The molecule has 62 heavy (non-hydrogen) atoms. The minimum Gasteiger partial charge on any atom is -0.744 e. The predicted octanol–water partition coefficient (Wildman–Crippen LogP) is -5.31. The third-order valence-electron chi connectivity index (χ3n) is 7.80. The number of fused-ring (bicyclic) bond motifs is 1. The van der Waals surface area contributed by atoms with E-state index in [9.17, 15) is 60.9 Å². The standard InChI is InChI=1S/C31H28ClN7O15S5.3Na/c1-3-39(20-6-5-7-22(16-20)56(43,44)13-12-54-59(51,52)53)31-35-29(32)34-30(36-31)33-24-17-23(57(45,46)47)14-18-15-25(58(48,49)50)27(28(40)26(18)24)38-37-19-8-10-21(11-9-19)55(41,42)4-2;;;/h4-11,14-17,40H,2-3,12-13H2,1H3,(H,45,46,47)(H,48,49,50)(H,51,52,53)(H,33,34,35,36);;;/q;3*+1/p-3. The van der Waals surface area contributed by atoms with Crippen LogP contribution >= 0.6 is 11.6 Å². The SMILES string of the molecule is C=CS(=O)(=O)c1ccc(N=Nc2c(S(=O)(=O)[O-])cc3cc(S(=O)(=O)[O-])cc(Nc4nc(Cl)nc(N(CC)c5cccc(S(=O)(=O)CCOS(=O)(=O)[O-])c5)n4)c3c2O)cc1.[Na+].[Na+].[Na+]. The molecule has 2 N–H and O–H groups in total. The van der Waals surface area contributed by atoms with Crippen LogP contribution in [0.2, 0.25) is 5.28 Å². The number of halogens is 1. The molecule has 4 aromatic carbocycles. The van der Waals surface area contributed by atoms with Crippen LogP contribution in [-0.2, 0) is 54.5 Å². The van der Waals surface area contributed by atoms with Crippen LogP contribution in [0.3, 0.4) is 0 Å². The molecule has 5 rings (SSSR count). The number of hydrogen-bond donors (Lipinski definition) is 2. The number of aromatic nitrogens is 3. The number of phenols is 1. The van der Waals surface area contributed by atoms with Gasteiger partial charge in [-0.2, -0.15) is 20.1 Å². The van der Waals surface area contributed by atoms with Crippen LogP contribution in [0.4, 0.5) is 34.6 Å². The summed E-state index contributed by atoms with van der Waals surface area (Å²) < 4.78 is 160. The van der Waals surface area contributed by atoms with E-state index in [1.165, 1.54) is 41.3 Å². The molecule has 0 unspecified atom stereocenters. The zero-order chi connectivity index (χ0) is 43.7. The number of rotatable bonds is 16. The van der Waals surface area contributed by atoms with E-state index in [-0.39, 0.29) is 122 Å². The van der Waals surface area contributed by atoms with Crippen LogP contribution in [0.1, 0.15) is 6.92 Å². The Bertz CT molecular complexity index is 3120. The number of hydrogen-bond acceptors (Lipinski definition) is 22. The van der Waals surface area contributed by atoms with Crippen LogP contribution in [0.15, 0.2) is 109 Å².